The van der Waals surface area contributed by atoms with E-state index >= 15 is 0 Å². The molecule has 0 bridgehead atoms. The van der Waals surface area contributed by atoms with Gasteiger partial charge >= 0.3 is 0 Å². The van der Waals surface area contributed by atoms with Gasteiger partial charge in [-0.25, -0.2) is 0 Å². The molecule has 1 unspecified atom stereocenters. The van der Waals surface area contributed by atoms with Crippen LogP contribution in [-0.2, 0) is 0 Å². The fraction of sp³-hybridized carbons (Fsp3) is 0.562. The van der Waals surface area contributed by atoms with Crippen molar-refractivity contribution in [1.82, 2.24) is 20.2 Å². The van der Waals surface area contributed by atoms with Crippen molar-refractivity contribution in [3.05, 3.63) is 24.3 Å². The Balaban J connectivity index is 1.65. The Hall–Kier alpha value is -1.60. The van der Waals surface area contributed by atoms with E-state index in [2.05, 4.69) is 22.6 Å². The minimum absolute atomic E-state index is 0.770. The second kappa shape index (κ2) is 7.79. The first-order chi connectivity index (χ1) is 11.3. The molecule has 0 amide bonds. The first-order valence-electron chi connectivity index (χ1n) is 8.16. The van der Waals surface area contributed by atoms with E-state index in [1.165, 1.54) is 32.2 Å². The first-order valence-corrected chi connectivity index (χ1v) is 9.15. The maximum absolute atomic E-state index is 5.41. The Morgan fingerprint density at radius 2 is 2.22 bits per heavy atom. The van der Waals surface area contributed by atoms with Crippen molar-refractivity contribution in [2.24, 2.45) is 0 Å². The fourth-order valence-corrected chi connectivity index (χ4v) is 4.09. The van der Waals surface area contributed by atoms with Gasteiger partial charge < -0.3 is 9.64 Å². The third-order valence-electron chi connectivity index (χ3n) is 4.52. The zero-order chi connectivity index (χ0) is 16.1. The van der Waals surface area contributed by atoms with Gasteiger partial charge in [-0.3, -0.25) is 0 Å². The van der Waals surface area contributed by atoms with Gasteiger partial charge in [-0.1, -0.05) is 23.9 Å². The summed E-state index contributed by atoms with van der Waals surface area (Å²) in [4.78, 5) is 1.67. The van der Waals surface area contributed by atoms with Crippen molar-refractivity contribution >= 4 is 11.8 Å². The molecule has 0 aliphatic carbocycles. The van der Waals surface area contributed by atoms with E-state index in [-0.39, 0.29) is 0 Å². The zero-order valence-electron chi connectivity index (χ0n) is 13.7. The monoisotopic (exact) mass is 334 g/mol. The molecule has 2 atom stereocenters. The summed E-state index contributed by atoms with van der Waals surface area (Å²) < 4.78 is 7.17. The van der Waals surface area contributed by atoms with Gasteiger partial charge in [0.2, 0.25) is 5.16 Å². The van der Waals surface area contributed by atoms with Gasteiger partial charge in [0, 0.05) is 12.2 Å². The van der Waals surface area contributed by atoms with E-state index in [9.17, 15) is 0 Å². The number of tetrazole rings is 1. The lowest BCUT2D eigenvalue weighted by atomic mass is 10.0. The minimum atomic E-state index is 0.770. The summed E-state index contributed by atoms with van der Waals surface area (Å²) in [7, 11) is 3.98. The summed E-state index contributed by atoms with van der Waals surface area (Å²) >= 11 is 1.72. The van der Waals surface area contributed by atoms with Crippen molar-refractivity contribution in [2.45, 2.75) is 36.9 Å². The molecule has 7 heteroatoms. The summed E-state index contributed by atoms with van der Waals surface area (Å²) in [6.45, 7) is 1.30. The molecule has 1 N–H and O–H groups in total. The molecule has 1 saturated heterocycles. The molecule has 1 aromatic carbocycles. The summed E-state index contributed by atoms with van der Waals surface area (Å²) in [5.74, 6) is 1.82. The van der Waals surface area contributed by atoms with Gasteiger partial charge in [0.05, 0.1) is 26.7 Å². The van der Waals surface area contributed by atoms with Crippen LogP contribution in [0.2, 0.25) is 0 Å². The number of thioether (sulfide) groups is 1. The molecule has 124 valence electrons. The number of aromatic nitrogens is 4. The normalized spacial score (nSPS) is 21.3. The zero-order valence-corrected chi connectivity index (χ0v) is 14.6. The number of piperidine rings is 1. The molecule has 1 aromatic heterocycles. The van der Waals surface area contributed by atoms with Crippen molar-refractivity contribution in [2.75, 3.05) is 26.5 Å². The van der Waals surface area contributed by atoms with Gasteiger partial charge in [-0.2, -0.15) is 4.68 Å². The predicted molar refractivity (Wildman–Crippen MR) is 90.4 cm³/mol. The molecular weight excluding hydrogens is 310 g/mol. The number of nitrogens with zero attached hydrogens (tertiary/aromatic N) is 4. The van der Waals surface area contributed by atoms with Crippen molar-refractivity contribution < 1.29 is 9.64 Å². The highest BCUT2D eigenvalue weighted by molar-refractivity contribution is 7.99. The number of nitrogens with one attached hydrogen (secondary N) is 1. The third kappa shape index (κ3) is 3.84. The third-order valence-corrected chi connectivity index (χ3v) is 5.47. The topological polar surface area (TPSA) is 57.3 Å². The average Bonchev–Trinajstić information content (AvgIpc) is 3.05. The number of ether oxygens (including phenoxy) is 1. The highest BCUT2D eigenvalue weighted by Crippen LogP contribution is 2.26. The summed E-state index contributed by atoms with van der Waals surface area (Å²) in [6, 6.07) is 8.58. The number of methoxy groups -OCH3 is 1. The Morgan fingerprint density at radius 1 is 1.35 bits per heavy atom. The minimum Gasteiger partial charge on any atom is -0.494 e. The lowest BCUT2D eigenvalue weighted by Gasteiger charge is -2.29. The Labute approximate surface area is 141 Å². The van der Waals surface area contributed by atoms with Crippen LogP contribution in [-0.4, -0.2) is 52.7 Å². The van der Waals surface area contributed by atoms with Crippen LogP contribution >= 0.6 is 11.8 Å². The Kier molecular flexibility index (Phi) is 5.51. The predicted octanol–water partition coefficient (Wildman–Crippen LogP) is 1.22. The maximum Gasteiger partial charge on any atom is 0.214 e. The number of hydrogen-bond acceptors (Lipinski definition) is 5. The van der Waals surface area contributed by atoms with Crippen LogP contribution in [0.15, 0.2) is 29.4 Å². The molecule has 0 radical (unpaired) electrons. The van der Waals surface area contributed by atoms with E-state index in [1.807, 2.05) is 24.3 Å². The Bertz CT molecular complexity index is 632. The molecule has 1 fully saturated rings. The average molecular weight is 334 g/mol. The van der Waals surface area contributed by atoms with Gasteiger partial charge in [0.15, 0.2) is 0 Å². The van der Waals surface area contributed by atoms with Crippen LogP contribution in [0.1, 0.15) is 25.7 Å². The highest BCUT2D eigenvalue weighted by atomic mass is 32.2. The molecular formula is C16H24N5OS+. The van der Waals surface area contributed by atoms with Crippen LogP contribution in [0.5, 0.6) is 5.75 Å². The van der Waals surface area contributed by atoms with Gasteiger partial charge in [0.25, 0.3) is 0 Å². The molecule has 2 heterocycles. The smallest absolute Gasteiger partial charge is 0.214 e. The Morgan fingerprint density at radius 3 is 3.04 bits per heavy atom. The number of quaternary nitrogens is 1. The van der Waals surface area contributed by atoms with Crippen LogP contribution in [0.4, 0.5) is 0 Å². The molecule has 6 nitrogen and oxygen atoms in total. The highest BCUT2D eigenvalue weighted by Gasteiger charge is 2.22. The van der Waals surface area contributed by atoms with Gasteiger partial charge in [-0.05, 0) is 41.8 Å². The first kappa shape index (κ1) is 16.3. The van der Waals surface area contributed by atoms with E-state index < -0.39 is 0 Å². The maximum atomic E-state index is 5.41. The molecule has 1 aliphatic rings. The summed E-state index contributed by atoms with van der Waals surface area (Å²) in [5, 5.41) is 13.0. The van der Waals surface area contributed by atoms with Crippen molar-refractivity contribution in [1.29, 1.82) is 0 Å². The lowest BCUT2D eigenvalue weighted by molar-refractivity contribution is -0.911. The summed E-state index contributed by atoms with van der Waals surface area (Å²) in [5.41, 5.74) is 0.878. The largest absolute Gasteiger partial charge is 0.494 e. The molecule has 1 aliphatic heterocycles. The molecule has 3 rings (SSSR count). The summed E-state index contributed by atoms with van der Waals surface area (Å²) in [6.07, 6.45) is 5.27. The standard InChI is InChI=1S/C16H23N5OS/c1-20-11-6-5-7-13(20)10-12-23-16-17-18-19-21(16)14-8-3-4-9-15(14)22-2/h3-4,8-9,13H,5-7,10-12H2,1-2H3/p+1/t13-/m1/s1. The number of likely N-dealkylation sites (tertiary alicyclic amines) is 1. The fourth-order valence-electron chi connectivity index (χ4n) is 3.15. The molecule has 2 aromatic rings. The lowest BCUT2D eigenvalue weighted by Crippen LogP contribution is -3.13. The number of benzene rings is 1. The SMILES string of the molecule is COc1ccccc1-n1nnnc1SCC[C@H]1CCCC[NH+]1C. The number of rotatable bonds is 6. The second-order valence-corrected chi connectivity index (χ2v) is 7.03. The number of hydrogen-bond donors (Lipinski definition) is 1. The van der Waals surface area contributed by atoms with E-state index in [4.69, 9.17) is 4.74 Å². The van der Waals surface area contributed by atoms with E-state index in [0.717, 1.165) is 28.4 Å². The molecule has 23 heavy (non-hydrogen) atoms. The van der Waals surface area contributed by atoms with Gasteiger partial charge in [0.1, 0.15) is 11.4 Å². The van der Waals surface area contributed by atoms with Crippen LogP contribution < -0.4 is 9.64 Å². The van der Waals surface area contributed by atoms with Crippen molar-refractivity contribution in [3.63, 3.8) is 0 Å². The number of para-hydroxylation sites is 2. The van der Waals surface area contributed by atoms with Crippen LogP contribution in [0.3, 0.4) is 0 Å². The molecule has 0 saturated carbocycles. The van der Waals surface area contributed by atoms with Crippen molar-refractivity contribution in [3.8, 4) is 11.4 Å². The van der Waals surface area contributed by atoms with Crippen LogP contribution in [0.25, 0.3) is 5.69 Å². The van der Waals surface area contributed by atoms with Crippen LogP contribution in [0, 0.1) is 0 Å². The van der Waals surface area contributed by atoms with E-state index in [0.29, 0.717) is 0 Å². The second-order valence-electron chi connectivity index (χ2n) is 5.97. The van der Waals surface area contributed by atoms with E-state index in [1.54, 1.807) is 28.5 Å². The quantitative estimate of drug-likeness (QED) is 0.805. The molecule has 0 spiro atoms. The van der Waals surface area contributed by atoms with Gasteiger partial charge in [-0.15, -0.1) is 5.10 Å².